The molecule has 0 spiro atoms. The second-order valence-electron chi connectivity index (χ2n) is 7.60. The standard InChI is InChI=1S/C24H32N2O5/c1-28-13-11-25(17-22(27)18-30-19-24-9-5-12-31-24)16-21-7-4-10-26(21)15-20-6-3-8-23(14-20)29-2/h3-10,12,14,22,27H,11,13,15-19H2,1-2H3/p+1/t22-/m1/s1. The van der Waals surface area contributed by atoms with Gasteiger partial charge >= 0.3 is 0 Å². The summed E-state index contributed by atoms with van der Waals surface area (Å²) in [6, 6.07) is 16.0. The molecule has 0 saturated carbocycles. The van der Waals surface area contributed by atoms with Gasteiger partial charge in [0.25, 0.3) is 0 Å². The van der Waals surface area contributed by atoms with Crippen LogP contribution in [0.3, 0.4) is 0 Å². The third-order valence-corrected chi connectivity index (χ3v) is 5.16. The lowest BCUT2D eigenvalue weighted by Gasteiger charge is -2.23. The van der Waals surface area contributed by atoms with Gasteiger partial charge < -0.3 is 33.2 Å². The second-order valence-corrected chi connectivity index (χ2v) is 7.60. The zero-order valence-electron chi connectivity index (χ0n) is 18.3. The van der Waals surface area contributed by atoms with Crippen LogP contribution in [0.25, 0.3) is 0 Å². The Morgan fingerprint density at radius 1 is 1.13 bits per heavy atom. The number of aliphatic hydroxyl groups excluding tert-OH is 1. The molecule has 0 aliphatic carbocycles. The number of ether oxygens (including phenoxy) is 3. The van der Waals surface area contributed by atoms with Crippen LogP contribution in [0.4, 0.5) is 0 Å². The minimum absolute atomic E-state index is 0.266. The highest BCUT2D eigenvalue weighted by molar-refractivity contribution is 5.29. The van der Waals surface area contributed by atoms with E-state index in [0.29, 0.717) is 19.8 Å². The van der Waals surface area contributed by atoms with Crippen molar-refractivity contribution in [2.75, 3.05) is 40.5 Å². The lowest BCUT2D eigenvalue weighted by Crippen LogP contribution is -3.12. The molecule has 0 fully saturated rings. The molecule has 2 N–H and O–H groups in total. The van der Waals surface area contributed by atoms with Crippen molar-refractivity contribution < 1.29 is 28.6 Å². The van der Waals surface area contributed by atoms with Crippen molar-refractivity contribution in [3.63, 3.8) is 0 Å². The summed E-state index contributed by atoms with van der Waals surface area (Å²) in [5.41, 5.74) is 2.39. The molecule has 0 bridgehead atoms. The van der Waals surface area contributed by atoms with E-state index in [1.807, 2.05) is 24.3 Å². The highest BCUT2D eigenvalue weighted by atomic mass is 16.5. The van der Waals surface area contributed by atoms with Crippen molar-refractivity contribution in [2.45, 2.75) is 25.8 Å². The molecule has 2 heterocycles. The number of hydrogen-bond donors (Lipinski definition) is 2. The number of methoxy groups -OCH3 is 2. The van der Waals surface area contributed by atoms with Crippen LogP contribution < -0.4 is 9.64 Å². The third-order valence-electron chi connectivity index (χ3n) is 5.16. The minimum atomic E-state index is -0.566. The first-order chi connectivity index (χ1) is 15.2. The van der Waals surface area contributed by atoms with Gasteiger partial charge in [0, 0.05) is 19.9 Å². The van der Waals surface area contributed by atoms with Crippen molar-refractivity contribution in [1.29, 1.82) is 0 Å². The van der Waals surface area contributed by atoms with Crippen LogP contribution in [0.1, 0.15) is 17.0 Å². The normalized spacial score (nSPS) is 13.3. The molecule has 31 heavy (non-hydrogen) atoms. The first-order valence-corrected chi connectivity index (χ1v) is 10.6. The van der Waals surface area contributed by atoms with Gasteiger partial charge in [-0.2, -0.15) is 0 Å². The van der Waals surface area contributed by atoms with Gasteiger partial charge in [-0.15, -0.1) is 0 Å². The summed E-state index contributed by atoms with van der Waals surface area (Å²) in [7, 11) is 3.38. The van der Waals surface area contributed by atoms with Gasteiger partial charge in [-0.05, 0) is 42.0 Å². The van der Waals surface area contributed by atoms with Gasteiger partial charge in [0.15, 0.2) is 0 Å². The second kappa shape index (κ2) is 12.3. The van der Waals surface area contributed by atoms with E-state index in [1.165, 1.54) is 16.2 Å². The predicted molar refractivity (Wildman–Crippen MR) is 117 cm³/mol. The van der Waals surface area contributed by atoms with Crippen LogP contribution >= 0.6 is 0 Å². The molecule has 0 amide bonds. The Hall–Kier alpha value is -2.58. The maximum absolute atomic E-state index is 10.5. The highest BCUT2D eigenvalue weighted by Gasteiger charge is 2.18. The van der Waals surface area contributed by atoms with E-state index < -0.39 is 6.10 Å². The average Bonchev–Trinajstić information content (AvgIpc) is 3.44. The molecule has 7 heteroatoms. The zero-order valence-corrected chi connectivity index (χ0v) is 18.3. The maximum Gasteiger partial charge on any atom is 0.129 e. The van der Waals surface area contributed by atoms with Crippen LogP contribution in [0.15, 0.2) is 65.4 Å². The molecule has 2 atom stereocenters. The predicted octanol–water partition coefficient (Wildman–Crippen LogP) is 1.75. The first kappa shape index (κ1) is 23.1. The summed E-state index contributed by atoms with van der Waals surface area (Å²) in [5, 5.41) is 10.5. The number of aromatic nitrogens is 1. The molecule has 0 radical (unpaired) electrons. The molecular weight excluding hydrogens is 396 g/mol. The molecule has 1 aromatic carbocycles. The number of rotatable bonds is 14. The van der Waals surface area contributed by atoms with Gasteiger partial charge in [-0.25, -0.2) is 0 Å². The van der Waals surface area contributed by atoms with Gasteiger partial charge in [0.05, 0.1) is 32.3 Å². The first-order valence-electron chi connectivity index (χ1n) is 10.6. The Labute approximate surface area is 183 Å². The Morgan fingerprint density at radius 3 is 2.81 bits per heavy atom. The Morgan fingerprint density at radius 2 is 2.03 bits per heavy atom. The van der Waals surface area contributed by atoms with Crippen molar-refractivity contribution in [2.24, 2.45) is 0 Å². The SMILES string of the molecule is COCC[NH+](Cc1cccn1Cc1cccc(OC)c1)C[C@@H](O)COCc1ccco1. The number of aliphatic hydroxyl groups is 1. The number of nitrogens with one attached hydrogen (secondary N) is 1. The Balaban J connectivity index is 1.56. The highest BCUT2D eigenvalue weighted by Crippen LogP contribution is 2.14. The summed E-state index contributed by atoms with van der Waals surface area (Å²) in [4.78, 5) is 1.24. The lowest BCUT2D eigenvalue weighted by molar-refractivity contribution is -0.917. The van der Waals surface area contributed by atoms with E-state index in [4.69, 9.17) is 18.6 Å². The summed E-state index contributed by atoms with van der Waals surface area (Å²) in [6.45, 7) is 4.19. The summed E-state index contributed by atoms with van der Waals surface area (Å²) < 4.78 is 23.7. The van der Waals surface area contributed by atoms with Crippen molar-refractivity contribution in [1.82, 2.24) is 4.57 Å². The number of benzene rings is 1. The van der Waals surface area contributed by atoms with E-state index >= 15 is 0 Å². The zero-order chi connectivity index (χ0) is 21.9. The summed E-state index contributed by atoms with van der Waals surface area (Å²) >= 11 is 0. The van der Waals surface area contributed by atoms with E-state index in [1.54, 1.807) is 20.5 Å². The fraction of sp³-hybridized carbons (Fsp3) is 0.417. The average molecular weight is 430 g/mol. The molecule has 7 nitrogen and oxygen atoms in total. The molecule has 3 aromatic rings. The number of quaternary nitrogens is 1. The molecule has 3 rings (SSSR count). The Bertz CT molecular complexity index is 878. The Kier molecular flexibility index (Phi) is 9.17. The van der Waals surface area contributed by atoms with E-state index in [0.717, 1.165) is 31.1 Å². The van der Waals surface area contributed by atoms with E-state index in [9.17, 15) is 5.11 Å². The van der Waals surface area contributed by atoms with Crippen molar-refractivity contribution >= 4 is 0 Å². The van der Waals surface area contributed by atoms with Crippen LogP contribution in [0.2, 0.25) is 0 Å². The molecule has 1 unspecified atom stereocenters. The lowest BCUT2D eigenvalue weighted by atomic mass is 10.2. The maximum atomic E-state index is 10.5. The van der Waals surface area contributed by atoms with Crippen LogP contribution in [0, 0.1) is 0 Å². The van der Waals surface area contributed by atoms with Crippen LogP contribution in [-0.4, -0.2) is 56.3 Å². The van der Waals surface area contributed by atoms with E-state index in [2.05, 4.69) is 35.0 Å². The molecule has 0 aliphatic rings. The smallest absolute Gasteiger partial charge is 0.129 e. The third kappa shape index (κ3) is 7.56. The van der Waals surface area contributed by atoms with Gasteiger partial charge in [0.1, 0.15) is 43.9 Å². The topological polar surface area (TPSA) is 70.4 Å². The summed E-state index contributed by atoms with van der Waals surface area (Å²) in [6.07, 6.45) is 3.14. The quantitative estimate of drug-likeness (QED) is 0.409. The molecule has 0 aliphatic heterocycles. The fourth-order valence-corrected chi connectivity index (χ4v) is 3.58. The van der Waals surface area contributed by atoms with E-state index in [-0.39, 0.29) is 6.61 Å². The number of nitrogens with zero attached hydrogens (tertiary/aromatic N) is 1. The number of hydrogen-bond acceptors (Lipinski definition) is 5. The largest absolute Gasteiger partial charge is 0.497 e. The fourth-order valence-electron chi connectivity index (χ4n) is 3.58. The number of furan rings is 1. The van der Waals surface area contributed by atoms with Crippen molar-refractivity contribution in [3.8, 4) is 5.75 Å². The van der Waals surface area contributed by atoms with Gasteiger partial charge in [0.2, 0.25) is 0 Å². The monoisotopic (exact) mass is 429 g/mol. The molecule has 0 saturated heterocycles. The van der Waals surface area contributed by atoms with Crippen LogP contribution in [-0.2, 0) is 29.2 Å². The van der Waals surface area contributed by atoms with Crippen LogP contribution in [0.5, 0.6) is 5.75 Å². The minimum Gasteiger partial charge on any atom is -0.497 e. The van der Waals surface area contributed by atoms with Crippen molar-refractivity contribution in [3.05, 3.63) is 78.0 Å². The molecule has 168 valence electrons. The van der Waals surface area contributed by atoms with Gasteiger partial charge in [-0.1, -0.05) is 12.1 Å². The molecular formula is C24H33N2O5+. The van der Waals surface area contributed by atoms with Gasteiger partial charge in [-0.3, -0.25) is 0 Å². The summed E-state index contributed by atoms with van der Waals surface area (Å²) in [5.74, 6) is 1.61. The molecule has 2 aromatic heterocycles.